The zero-order chi connectivity index (χ0) is 24.9. The molecule has 0 radical (unpaired) electrons. The number of ether oxygens (including phenoxy) is 2. The molecule has 0 saturated heterocycles. The normalized spacial score (nSPS) is 41.4. The number of carbonyl (C=O) groups is 2. The molecule has 7 nitrogen and oxygen atoms in total. The Hall–Kier alpha value is -2.85. The lowest BCUT2D eigenvalue weighted by Crippen LogP contribution is -3.11. The summed E-state index contributed by atoms with van der Waals surface area (Å²) >= 11 is 7.64. The Morgan fingerprint density at radius 3 is 2.36 bits per heavy atom. The number of thiazole rings is 1. The largest absolute Gasteiger partial charge is 0.469 e. The number of methoxy groups -OCH3 is 2. The van der Waals surface area contributed by atoms with E-state index in [1.165, 1.54) is 31.6 Å². The van der Waals surface area contributed by atoms with E-state index in [4.69, 9.17) is 26.1 Å². The highest BCUT2D eigenvalue weighted by molar-refractivity contribution is 7.11. The quantitative estimate of drug-likeness (QED) is 0.471. The highest BCUT2D eigenvalue weighted by atomic mass is 35.5. The van der Waals surface area contributed by atoms with Crippen LogP contribution in [0.1, 0.15) is 16.6 Å². The van der Waals surface area contributed by atoms with E-state index in [2.05, 4.69) is 10.3 Å². The second kappa shape index (κ2) is 6.34. The molecule has 1 aliphatic heterocycles. The van der Waals surface area contributed by atoms with E-state index in [-0.39, 0.29) is 63.4 Å². The maximum absolute atomic E-state index is 14.5. The monoisotopic (exact) mass is 529 g/mol. The molecule has 0 bridgehead atoms. The smallest absolute Gasteiger partial charge is 0.338 e. The van der Waals surface area contributed by atoms with Crippen molar-refractivity contribution in [1.29, 1.82) is 0 Å². The average molecular weight is 530 g/mol. The number of carbonyl (C=O) groups excluding carboxylic acids is 2. The molecule has 36 heavy (non-hydrogen) atoms. The molecule has 9 rings (SSSR count). The van der Waals surface area contributed by atoms with Gasteiger partial charge in [-0.2, -0.15) is 0 Å². The van der Waals surface area contributed by atoms with E-state index in [0.29, 0.717) is 16.5 Å². The highest BCUT2D eigenvalue weighted by Gasteiger charge is 3.12. The van der Waals surface area contributed by atoms with Crippen LogP contribution in [0.25, 0.3) is 0 Å². The number of esters is 2. The number of benzene rings is 1. The van der Waals surface area contributed by atoms with Gasteiger partial charge in [0.05, 0.1) is 30.2 Å². The Bertz CT molecular complexity index is 1430. The summed E-state index contributed by atoms with van der Waals surface area (Å²) in [5, 5.41) is 5.39. The number of aromatic nitrogens is 1. The van der Waals surface area contributed by atoms with Gasteiger partial charge >= 0.3 is 11.9 Å². The van der Waals surface area contributed by atoms with Gasteiger partial charge in [0, 0.05) is 28.3 Å². The third kappa shape index (κ3) is 1.81. The number of halogens is 3. The van der Waals surface area contributed by atoms with Crippen molar-refractivity contribution in [2.75, 3.05) is 14.2 Å². The molecule has 6 saturated carbocycles. The predicted molar refractivity (Wildman–Crippen MR) is 123 cm³/mol. The summed E-state index contributed by atoms with van der Waals surface area (Å²) in [5.74, 6) is -1.02. The van der Waals surface area contributed by atoms with Gasteiger partial charge in [0.2, 0.25) is 0 Å². The molecule has 1 N–H and O–H groups in total. The molecule has 0 spiro atoms. The number of aliphatic imine (C=N–C) groups is 1. The molecule has 6 fully saturated rings. The number of nitrogens with zero attached hydrogens (tertiary/aromatic N) is 2. The fourth-order valence-electron chi connectivity index (χ4n) is 9.25. The minimum Gasteiger partial charge on any atom is -0.469 e. The molecule has 7 aliphatic rings. The summed E-state index contributed by atoms with van der Waals surface area (Å²) in [7, 11) is 2.72. The lowest BCUT2D eigenvalue weighted by molar-refractivity contribution is -0.633. The standard InChI is InChI=1S/C25H18ClF2N3O4S/c1-34-22(32)9-18(7-3-4-8(27)17(28)16(7)26)30-20(21-29-5-6-36-21)31-19(9)24-10-13-11(24)15-12(24)14(10)25(13,15)23(33)35-2/h3-6,10-15,18H,1-2H3,(H,30,31)/t10?,11?,12?,13?,14?,15?,18-,24?,25?/m0/s1. The minimum atomic E-state index is -1.19. The van der Waals surface area contributed by atoms with Crippen LogP contribution >= 0.6 is 22.9 Å². The molecular formula is C25H18ClF2N3O4S. The zero-order valence-electron chi connectivity index (χ0n) is 18.9. The lowest BCUT2D eigenvalue weighted by atomic mass is 8.92. The van der Waals surface area contributed by atoms with Crippen molar-refractivity contribution >= 4 is 40.7 Å². The average Bonchev–Trinajstić information content (AvgIpc) is 3.45. The topological polar surface area (TPSA) is 89.9 Å². The van der Waals surface area contributed by atoms with Crippen LogP contribution in [-0.4, -0.2) is 37.0 Å². The maximum atomic E-state index is 14.5. The van der Waals surface area contributed by atoms with Crippen molar-refractivity contribution in [1.82, 2.24) is 10.3 Å². The van der Waals surface area contributed by atoms with Gasteiger partial charge in [-0.1, -0.05) is 17.7 Å². The summed E-state index contributed by atoms with van der Waals surface area (Å²) in [4.78, 5) is 35.0. The number of hydrogen-bond donors (Lipinski definition) is 1. The van der Waals surface area contributed by atoms with Crippen LogP contribution in [0.3, 0.4) is 0 Å². The molecule has 1 aromatic carbocycles. The Morgan fingerprint density at radius 1 is 1.08 bits per heavy atom. The Morgan fingerprint density at radius 2 is 1.78 bits per heavy atom. The summed E-state index contributed by atoms with van der Waals surface area (Å²) in [5.41, 5.74) is 0.482. The Labute approximate surface area is 212 Å². The number of amidine groups is 1. The van der Waals surface area contributed by atoms with Gasteiger partial charge in [0.25, 0.3) is 0 Å². The van der Waals surface area contributed by atoms with Crippen molar-refractivity contribution in [2.45, 2.75) is 6.04 Å². The molecule has 0 amide bonds. The second-order valence-electron chi connectivity index (χ2n) is 10.4. The minimum absolute atomic E-state index is 0.116. The maximum Gasteiger partial charge on any atom is 0.338 e. The van der Waals surface area contributed by atoms with Crippen molar-refractivity contribution in [2.24, 2.45) is 51.3 Å². The van der Waals surface area contributed by atoms with Crippen LogP contribution in [0.4, 0.5) is 8.78 Å². The molecule has 1 atom stereocenters. The highest BCUT2D eigenvalue weighted by Crippen LogP contribution is 3.11. The van der Waals surface area contributed by atoms with Crippen molar-refractivity contribution in [3.05, 3.63) is 62.2 Å². The van der Waals surface area contributed by atoms with Crippen molar-refractivity contribution in [3.8, 4) is 0 Å². The third-order valence-corrected chi connectivity index (χ3v) is 11.2. The van der Waals surface area contributed by atoms with Crippen LogP contribution in [0, 0.1) is 58.0 Å². The van der Waals surface area contributed by atoms with Crippen LogP contribution in [0.5, 0.6) is 0 Å². The van der Waals surface area contributed by atoms with E-state index < -0.39 is 28.7 Å². The molecule has 1 aromatic heterocycles. The van der Waals surface area contributed by atoms with Gasteiger partial charge in [0.15, 0.2) is 22.5 Å². The first-order valence-electron chi connectivity index (χ1n) is 11.7. The first kappa shape index (κ1) is 21.3. The van der Waals surface area contributed by atoms with E-state index >= 15 is 0 Å². The van der Waals surface area contributed by atoms with Crippen LogP contribution in [0.2, 0.25) is 5.02 Å². The zero-order valence-corrected chi connectivity index (χ0v) is 20.5. The van der Waals surface area contributed by atoms with Crippen molar-refractivity contribution in [3.63, 3.8) is 0 Å². The van der Waals surface area contributed by atoms with E-state index in [0.717, 1.165) is 6.07 Å². The van der Waals surface area contributed by atoms with Gasteiger partial charge < -0.3 is 14.8 Å². The lowest BCUT2D eigenvalue weighted by Gasteiger charge is -3.10. The third-order valence-electron chi connectivity index (χ3n) is 10.0. The first-order chi connectivity index (χ1) is 17.4. The summed E-state index contributed by atoms with van der Waals surface area (Å²) in [6.07, 6.45) is 1.65. The van der Waals surface area contributed by atoms with Gasteiger partial charge in [-0.25, -0.2) is 18.6 Å². The molecule has 184 valence electrons. The van der Waals surface area contributed by atoms with Gasteiger partial charge in [0.1, 0.15) is 6.04 Å². The van der Waals surface area contributed by atoms with Gasteiger partial charge in [-0.05, 0) is 41.6 Å². The van der Waals surface area contributed by atoms with Gasteiger partial charge in [-0.15, -0.1) is 11.3 Å². The second-order valence-corrected chi connectivity index (χ2v) is 11.7. The number of allylic oxidation sites excluding steroid dienone is 1. The fourth-order valence-corrected chi connectivity index (χ4v) is 10.1. The van der Waals surface area contributed by atoms with Crippen LogP contribution in [-0.2, 0) is 19.1 Å². The number of hydrogen-bond acceptors (Lipinski definition) is 8. The first-order valence-corrected chi connectivity index (χ1v) is 12.9. The predicted octanol–water partition coefficient (Wildman–Crippen LogP) is 3.50. The van der Waals surface area contributed by atoms with Crippen molar-refractivity contribution < 1.29 is 27.8 Å². The molecular weight excluding hydrogens is 512 g/mol. The van der Waals surface area contributed by atoms with E-state index in [1.807, 2.05) is 5.38 Å². The number of rotatable bonds is 5. The SMILES string of the molecule is COC(=O)C1=C(C23C4C5C2C2C3C4C52C(=O)OC)NC(c2nccs2)=N[C@H]1c1ccc(F)c(F)c1Cl. The Kier molecular flexibility index (Phi) is 3.74. The van der Waals surface area contributed by atoms with Crippen LogP contribution < -0.4 is 5.32 Å². The Balaban J connectivity index is 1.29. The van der Waals surface area contributed by atoms with Gasteiger partial charge in [-0.3, -0.25) is 9.79 Å². The fraction of sp³-hybridized carbons (Fsp3) is 0.440. The molecule has 0 unspecified atom stereocenters. The van der Waals surface area contributed by atoms with E-state index in [9.17, 15) is 18.4 Å². The molecule has 6 aliphatic carbocycles. The summed E-state index contributed by atoms with van der Waals surface area (Å²) < 4.78 is 38.8. The van der Waals surface area contributed by atoms with E-state index in [1.54, 1.807) is 6.20 Å². The summed E-state index contributed by atoms with van der Waals surface area (Å²) in [6, 6.07) is 1.33. The molecule has 2 aromatic rings. The summed E-state index contributed by atoms with van der Waals surface area (Å²) in [6.45, 7) is 0. The molecule has 11 heteroatoms. The van der Waals surface area contributed by atoms with Crippen LogP contribution in [0.15, 0.2) is 40.0 Å². The number of nitrogens with one attached hydrogen (secondary N) is 1. The molecule has 2 heterocycles.